The van der Waals surface area contributed by atoms with E-state index in [1.165, 1.54) is 0 Å². The van der Waals surface area contributed by atoms with E-state index < -0.39 is 5.97 Å². The molecule has 0 amide bonds. The Morgan fingerprint density at radius 3 is 2.85 bits per heavy atom. The van der Waals surface area contributed by atoms with Crippen molar-refractivity contribution in [3.05, 3.63) is 0 Å². The Hall–Kier alpha value is -1.01. The van der Waals surface area contributed by atoms with Gasteiger partial charge in [0.2, 0.25) is 0 Å². The van der Waals surface area contributed by atoms with Crippen LogP contribution in [0.3, 0.4) is 0 Å². The van der Waals surface area contributed by atoms with E-state index in [0.29, 0.717) is 13.0 Å². The van der Waals surface area contributed by atoms with Gasteiger partial charge in [-0.2, -0.15) is 0 Å². The summed E-state index contributed by atoms with van der Waals surface area (Å²) in [5, 5.41) is 8.86. The summed E-state index contributed by atoms with van der Waals surface area (Å²) in [5.41, 5.74) is 0. The molecule has 1 saturated heterocycles. The maximum atomic E-state index is 10.8. The molecule has 0 aliphatic carbocycles. The molecule has 1 N–H and O–H groups in total. The van der Waals surface area contributed by atoms with Gasteiger partial charge in [0.25, 0.3) is 0 Å². The molecule has 0 aromatic heterocycles. The van der Waals surface area contributed by atoms with Crippen LogP contribution in [-0.4, -0.2) is 35.6 Å². The molecule has 0 bridgehead atoms. The summed E-state index contributed by atoms with van der Waals surface area (Å²) in [6, 6.07) is 0. The quantitative estimate of drug-likeness (QED) is 0.650. The molecular formula is C10H15NO2. The van der Waals surface area contributed by atoms with Crippen molar-refractivity contribution in [2.75, 3.05) is 19.6 Å². The molecule has 1 aliphatic rings. The Morgan fingerprint density at radius 1 is 1.69 bits per heavy atom. The van der Waals surface area contributed by atoms with E-state index in [1.54, 1.807) is 0 Å². The van der Waals surface area contributed by atoms with Gasteiger partial charge in [-0.05, 0) is 5.92 Å². The number of hydrogen-bond donors (Lipinski definition) is 1. The summed E-state index contributed by atoms with van der Waals surface area (Å²) in [5.74, 6) is 1.92. The Balaban J connectivity index is 2.41. The molecule has 0 radical (unpaired) electrons. The average Bonchev–Trinajstić information content (AvgIpc) is 2.43. The van der Waals surface area contributed by atoms with E-state index in [2.05, 4.69) is 10.8 Å². The highest BCUT2D eigenvalue weighted by Crippen LogP contribution is 2.22. The van der Waals surface area contributed by atoms with Crippen molar-refractivity contribution in [2.45, 2.75) is 13.3 Å². The zero-order valence-electron chi connectivity index (χ0n) is 7.86. The summed E-state index contributed by atoms with van der Waals surface area (Å²) in [6.45, 7) is 4.32. The molecule has 0 aromatic carbocycles. The molecule has 0 spiro atoms. The zero-order chi connectivity index (χ0) is 9.84. The van der Waals surface area contributed by atoms with Crippen LogP contribution in [0, 0.1) is 24.2 Å². The van der Waals surface area contributed by atoms with Crippen LogP contribution in [0.4, 0.5) is 0 Å². The lowest BCUT2D eigenvalue weighted by Gasteiger charge is -2.12. The summed E-state index contributed by atoms with van der Waals surface area (Å²) in [7, 11) is 0. The first-order valence-corrected chi connectivity index (χ1v) is 4.53. The molecule has 13 heavy (non-hydrogen) atoms. The molecule has 2 unspecified atom stereocenters. The first-order chi connectivity index (χ1) is 6.15. The van der Waals surface area contributed by atoms with Crippen LogP contribution < -0.4 is 0 Å². The van der Waals surface area contributed by atoms with Gasteiger partial charge in [0.05, 0.1) is 5.92 Å². The van der Waals surface area contributed by atoms with Crippen molar-refractivity contribution < 1.29 is 9.90 Å². The fourth-order valence-electron chi connectivity index (χ4n) is 1.79. The van der Waals surface area contributed by atoms with E-state index in [-0.39, 0.29) is 11.8 Å². The molecule has 72 valence electrons. The van der Waals surface area contributed by atoms with Crippen molar-refractivity contribution in [1.29, 1.82) is 0 Å². The lowest BCUT2D eigenvalue weighted by molar-refractivity contribution is -0.142. The smallest absolute Gasteiger partial charge is 0.308 e. The first-order valence-electron chi connectivity index (χ1n) is 4.53. The van der Waals surface area contributed by atoms with E-state index in [4.69, 9.17) is 11.5 Å². The Labute approximate surface area is 78.7 Å². The molecular weight excluding hydrogens is 166 g/mol. The highest BCUT2D eigenvalue weighted by atomic mass is 16.4. The number of carbonyl (C=O) groups is 1. The van der Waals surface area contributed by atoms with Crippen LogP contribution in [0.1, 0.15) is 13.3 Å². The second kappa shape index (κ2) is 4.29. The third-order valence-corrected chi connectivity index (χ3v) is 2.58. The standard InChI is InChI=1S/C10H15NO2/c1-3-4-5-11-6-8(2)9(7-11)10(12)13/h1,8-9H,4-7H2,2H3,(H,12,13). The van der Waals surface area contributed by atoms with Crippen LogP contribution in [0.15, 0.2) is 0 Å². The third-order valence-electron chi connectivity index (χ3n) is 2.58. The third kappa shape index (κ3) is 2.46. The molecule has 1 aliphatic heterocycles. The molecule has 1 fully saturated rings. The summed E-state index contributed by atoms with van der Waals surface area (Å²) >= 11 is 0. The number of aliphatic carboxylic acids is 1. The minimum Gasteiger partial charge on any atom is -0.481 e. The SMILES string of the molecule is C#CCCN1CC(C)C(C(=O)O)C1. The van der Waals surface area contributed by atoms with Gasteiger partial charge in [-0.1, -0.05) is 6.92 Å². The average molecular weight is 181 g/mol. The highest BCUT2D eigenvalue weighted by Gasteiger charge is 2.33. The lowest BCUT2D eigenvalue weighted by Crippen LogP contribution is -2.24. The van der Waals surface area contributed by atoms with E-state index >= 15 is 0 Å². The van der Waals surface area contributed by atoms with E-state index in [1.807, 2.05) is 6.92 Å². The van der Waals surface area contributed by atoms with Crippen LogP contribution in [0.5, 0.6) is 0 Å². The minimum atomic E-state index is -0.685. The molecule has 0 aromatic rings. The number of terminal acetylenes is 1. The highest BCUT2D eigenvalue weighted by molar-refractivity contribution is 5.71. The number of rotatable bonds is 3. The van der Waals surface area contributed by atoms with Gasteiger partial charge in [0.1, 0.15) is 0 Å². The topological polar surface area (TPSA) is 40.5 Å². The van der Waals surface area contributed by atoms with Gasteiger partial charge in [-0.25, -0.2) is 0 Å². The Morgan fingerprint density at radius 2 is 2.38 bits per heavy atom. The van der Waals surface area contributed by atoms with Crippen molar-refractivity contribution >= 4 is 5.97 Å². The summed E-state index contributed by atoms with van der Waals surface area (Å²) < 4.78 is 0. The second-order valence-electron chi connectivity index (χ2n) is 3.64. The number of carboxylic acid groups (broad SMARTS) is 1. The molecule has 1 heterocycles. The van der Waals surface area contributed by atoms with E-state index in [0.717, 1.165) is 13.1 Å². The van der Waals surface area contributed by atoms with Gasteiger partial charge >= 0.3 is 5.97 Å². The zero-order valence-corrected chi connectivity index (χ0v) is 7.86. The predicted octanol–water partition coefficient (Wildman–Crippen LogP) is 0.662. The molecule has 2 atom stereocenters. The van der Waals surface area contributed by atoms with Crippen LogP contribution in [-0.2, 0) is 4.79 Å². The van der Waals surface area contributed by atoms with Crippen molar-refractivity contribution in [3.8, 4) is 12.3 Å². The van der Waals surface area contributed by atoms with E-state index in [9.17, 15) is 4.79 Å². The molecule has 3 nitrogen and oxygen atoms in total. The summed E-state index contributed by atoms with van der Waals surface area (Å²) in [6.07, 6.45) is 5.85. The van der Waals surface area contributed by atoms with Crippen molar-refractivity contribution in [1.82, 2.24) is 4.90 Å². The Kier molecular flexibility index (Phi) is 3.32. The van der Waals surface area contributed by atoms with Gasteiger partial charge in [0, 0.05) is 26.1 Å². The van der Waals surface area contributed by atoms with Crippen LogP contribution >= 0.6 is 0 Å². The molecule has 0 saturated carbocycles. The monoisotopic (exact) mass is 181 g/mol. The maximum Gasteiger partial charge on any atom is 0.308 e. The maximum absolute atomic E-state index is 10.8. The fraction of sp³-hybridized carbons (Fsp3) is 0.700. The molecule has 1 rings (SSSR count). The number of likely N-dealkylation sites (tertiary alicyclic amines) is 1. The fourth-order valence-corrected chi connectivity index (χ4v) is 1.79. The number of nitrogens with zero attached hydrogens (tertiary/aromatic N) is 1. The van der Waals surface area contributed by atoms with Gasteiger partial charge in [-0.15, -0.1) is 12.3 Å². The van der Waals surface area contributed by atoms with Gasteiger partial charge in [0.15, 0.2) is 0 Å². The first kappa shape index (κ1) is 10.1. The Bertz CT molecular complexity index is 232. The van der Waals surface area contributed by atoms with Crippen LogP contribution in [0.25, 0.3) is 0 Å². The van der Waals surface area contributed by atoms with Gasteiger partial charge < -0.3 is 10.0 Å². The lowest BCUT2D eigenvalue weighted by atomic mass is 9.99. The van der Waals surface area contributed by atoms with Gasteiger partial charge in [-0.3, -0.25) is 4.79 Å². The summed E-state index contributed by atoms with van der Waals surface area (Å²) in [4.78, 5) is 12.9. The number of hydrogen-bond acceptors (Lipinski definition) is 2. The number of carboxylic acids is 1. The normalized spacial score (nSPS) is 28.6. The predicted molar refractivity (Wildman–Crippen MR) is 50.2 cm³/mol. The second-order valence-corrected chi connectivity index (χ2v) is 3.64. The van der Waals surface area contributed by atoms with Crippen LogP contribution in [0.2, 0.25) is 0 Å². The van der Waals surface area contributed by atoms with Crippen molar-refractivity contribution in [2.24, 2.45) is 11.8 Å². The minimum absolute atomic E-state index is 0.210. The van der Waals surface area contributed by atoms with Crippen molar-refractivity contribution in [3.63, 3.8) is 0 Å². The largest absolute Gasteiger partial charge is 0.481 e. The molecule has 3 heteroatoms.